The minimum atomic E-state index is -0.435. The standard InChI is InChI=1S/C7H11ClN4O2/c8-2-4-11(12(13)14)3-1-7-5-9-6-10-7/h5-6H,1-4H2,(H,9,10). The lowest BCUT2D eigenvalue weighted by molar-refractivity contribution is -0.654. The molecule has 0 aliphatic carbocycles. The van der Waals surface area contributed by atoms with E-state index in [1.165, 1.54) is 0 Å². The quantitative estimate of drug-likeness (QED) is 0.433. The van der Waals surface area contributed by atoms with E-state index in [0.29, 0.717) is 13.0 Å². The van der Waals surface area contributed by atoms with Crippen LogP contribution < -0.4 is 0 Å². The number of imidazole rings is 1. The molecule has 1 aromatic rings. The van der Waals surface area contributed by atoms with Gasteiger partial charge in [-0.15, -0.1) is 16.6 Å². The fourth-order valence-electron chi connectivity index (χ4n) is 1.04. The number of hydrogen-bond donors (Lipinski definition) is 1. The van der Waals surface area contributed by atoms with E-state index in [1.807, 2.05) is 0 Å². The molecule has 6 nitrogen and oxygen atoms in total. The molecule has 1 aromatic heterocycles. The fraction of sp³-hybridized carbons (Fsp3) is 0.571. The van der Waals surface area contributed by atoms with Crippen molar-refractivity contribution < 1.29 is 5.03 Å². The molecule has 7 heteroatoms. The molecule has 0 radical (unpaired) electrons. The van der Waals surface area contributed by atoms with Gasteiger partial charge in [-0.05, 0) is 0 Å². The molecule has 0 saturated carbocycles. The first kappa shape index (κ1) is 10.8. The normalized spacial score (nSPS) is 10.1. The van der Waals surface area contributed by atoms with Gasteiger partial charge >= 0.3 is 0 Å². The number of halogens is 1. The van der Waals surface area contributed by atoms with Crippen LogP contribution in [0.25, 0.3) is 0 Å². The molecule has 0 unspecified atom stereocenters. The highest BCUT2D eigenvalue weighted by Crippen LogP contribution is 1.97. The third-order valence-electron chi connectivity index (χ3n) is 1.75. The first-order valence-corrected chi connectivity index (χ1v) is 4.70. The second-order valence-corrected chi connectivity index (χ2v) is 3.07. The van der Waals surface area contributed by atoms with Crippen molar-refractivity contribution in [1.29, 1.82) is 0 Å². The van der Waals surface area contributed by atoms with Crippen LogP contribution in [0.5, 0.6) is 0 Å². The van der Waals surface area contributed by atoms with Crippen LogP contribution in [0.3, 0.4) is 0 Å². The second-order valence-electron chi connectivity index (χ2n) is 2.69. The molecule has 0 saturated heterocycles. The van der Waals surface area contributed by atoms with Crippen LogP contribution in [0, 0.1) is 10.1 Å². The Morgan fingerprint density at radius 1 is 1.64 bits per heavy atom. The maximum absolute atomic E-state index is 10.5. The van der Waals surface area contributed by atoms with E-state index in [9.17, 15) is 10.1 Å². The summed E-state index contributed by atoms with van der Waals surface area (Å²) in [6.45, 7) is 0.573. The zero-order valence-electron chi connectivity index (χ0n) is 7.52. The Labute approximate surface area is 86.0 Å². The third kappa shape index (κ3) is 3.21. The highest BCUT2D eigenvalue weighted by molar-refractivity contribution is 6.18. The predicted molar refractivity (Wildman–Crippen MR) is 51.6 cm³/mol. The van der Waals surface area contributed by atoms with Crippen molar-refractivity contribution in [2.24, 2.45) is 0 Å². The number of hydrogen-bond acceptors (Lipinski definition) is 3. The number of nitro groups is 1. The van der Waals surface area contributed by atoms with Gasteiger partial charge in [0.1, 0.15) is 0 Å². The molecule has 0 aromatic carbocycles. The number of rotatable bonds is 6. The van der Waals surface area contributed by atoms with Gasteiger partial charge in [-0.25, -0.2) is 15.1 Å². The van der Waals surface area contributed by atoms with Crippen LogP contribution in [0.1, 0.15) is 5.69 Å². The smallest absolute Gasteiger partial charge is 0.160 e. The SMILES string of the molecule is O=[N+]([O-])N(CCCl)CCc1c[nH]cn1. The topological polar surface area (TPSA) is 75.1 Å². The Kier molecular flexibility index (Phi) is 4.18. The van der Waals surface area contributed by atoms with E-state index in [-0.39, 0.29) is 12.4 Å². The van der Waals surface area contributed by atoms with Crippen LogP contribution in [0.2, 0.25) is 0 Å². The molecule has 0 fully saturated rings. The van der Waals surface area contributed by atoms with E-state index < -0.39 is 5.03 Å². The lowest BCUT2D eigenvalue weighted by atomic mass is 10.3. The van der Waals surface area contributed by atoms with Crippen LogP contribution in [-0.2, 0) is 6.42 Å². The van der Waals surface area contributed by atoms with Crippen molar-refractivity contribution in [3.8, 4) is 0 Å². The van der Waals surface area contributed by atoms with Crippen molar-refractivity contribution >= 4 is 11.6 Å². The number of nitrogens with zero attached hydrogens (tertiary/aromatic N) is 3. The summed E-state index contributed by atoms with van der Waals surface area (Å²) < 4.78 is 0. The lowest BCUT2D eigenvalue weighted by Gasteiger charge is -2.11. The van der Waals surface area contributed by atoms with Crippen LogP contribution in [-0.4, -0.2) is 39.0 Å². The Morgan fingerprint density at radius 3 is 2.93 bits per heavy atom. The number of alkyl halides is 1. The highest BCUT2D eigenvalue weighted by Gasteiger charge is 2.13. The van der Waals surface area contributed by atoms with Crippen LogP contribution >= 0.6 is 11.6 Å². The molecule has 1 rings (SSSR count). The minimum Gasteiger partial charge on any atom is -0.351 e. The molecule has 0 bridgehead atoms. The lowest BCUT2D eigenvalue weighted by Crippen LogP contribution is -2.33. The molecule has 0 amide bonds. The third-order valence-corrected chi connectivity index (χ3v) is 1.92. The molecular formula is C7H11ClN4O2. The first-order chi connectivity index (χ1) is 6.74. The average Bonchev–Trinajstić information content (AvgIpc) is 2.64. The number of H-pyrrole nitrogens is 1. The van der Waals surface area contributed by atoms with Crippen LogP contribution in [0.15, 0.2) is 12.5 Å². The molecule has 0 aliphatic heterocycles. The summed E-state index contributed by atoms with van der Waals surface area (Å²) in [5.41, 5.74) is 0.812. The first-order valence-electron chi connectivity index (χ1n) is 4.17. The van der Waals surface area contributed by atoms with Gasteiger partial charge < -0.3 is 4.98 Å². The highest BCUT2D eigenvalue weighted by atomic mass is 35.5. The molecule has 1 N–H and O–H groups in total. The molecule has 0 aliphatic rings. The van der Waals surface area contributed by atoms with E-state index in [2.05, 4.69) is 9.97 Å². The van der Waals surface area contributed by atoms with Gasteiger partial charge in [-0.3, -0.25) is 0 Å². The van der Waals surface area contributed by atoms with Gasteiger partial charge in [-0.2, -0.15) is 0 Å². The summed E-state index contributed by atoms with van der Waals surface area (Å²) in [4.78, 5) is 17.3. The van der Waals surface area contributed by atoms with Gasteiger partial charge in [-0.1, -0.05) is 0 Å². The Bertz CT molecular complexity index is 277. The Morgan fingerprint density at radius 2 is 2.43 bits per heavy atom. The van der Waals surface area contributed by atoms with Crippen molar-refractivity contribution in [3.05, 3.63) is 28.3 Å². The summed E-state index contributed by atoms with van der Waals surface area (Å²) in [6.07, 6.45) is 3.81. The van der Waals surface area contributed by atoms with Crippen LogP contribution in [0.4, 0.5) is 0 Å². The van der Waals surface area contributed by atoms with E-state index in [4.69, 9.17) is 11.6 Å². The van der Waals surface area contributed by atoms with Crippen molar-refractivity contribution in [3.63, 3.8) is 0 Å². The van der Waals surface area contributed by atoms with Gasteiger partial charge in [0.2, 0.25) is 0 Å². The summed E-state index contributed by atoms with van der Waals surface area (Å²) >= 11 is 5.43. The number of aromatic amines is 1. The van der Waals surface area contributed by atoms with Crippen molar-refractivity contribution in [1.82, 2.24) is 15.0 Å². The molecule has 0 spiro atoms. The predicted octanol–water partition coefficient (Wildman–Crippen LogP) is 0.685. The van der Waals surface area contributed by atoms with E-state index in [0.717, 1.165) is 10.7 Å². The maximum Gasteiger partial charge on any atom is 0.160 e. The van der Waals surface area contributed by atoms with Crippen molar-refractivity contribution in [2.45, 2.75) is 6.42 Å². The summed E-state index contributed by atoms with van der Waals surface area (Å²) in [5.74, 6) is 0.252. The zero-order valence-corrected chi connectivity index (χ0v) is 8.28. The van der Waals surface area contributed by atoms with Gasteiger partial charge in [0.05, 0.1) is 25.1 Å². The summed E-state index contributed by atoms with van der Waals surface area (Å²) in [7, 11) is 0. The minimum absolute atomic E-state index is 0.249. The summed E-state index contributed by atoms with van der Waals surface area (Å²) in [5, 5.41) is 11.1. The molecule has 78 valence electrons. The monoisotopic (exact) mass is 218 g/mol. The summed E-state index contributed by atoms with van der Waals surface area (Å²) in [6, 6.07) is 0. The van der Waals surface area contributed by atoms with E-state index >= 15 is 0 Å². The average molecular weight is 219 g/mol. The van der Waals surface area contributed by atoms with Gasteiger partial charge in [0, 0.05) is 18.5 Å². The zero-order chi connectivity index (χ0) is 10.4. The maximum atomic E-state index is 10.5. The van der Waals surface area contributed by atoms with Gasteiger partial charge in [0.25, 0.3) is 0 Å². The van der Waals surface area contributed by atoms with Crippen molar-refractivity contribution in [2.75, 3.05) is 19.0 Å². The largest absolute Gasteiger partial charge is 0.351 e. The molecule has 1 heterocycles. The number of nitrogens with one attached hydrogen (secondary N) is 1. The molecule has 14 heavy (non-hydrogen) atoms. The second kappa shape index (κ2) is 5.43. The number of hydrazine groups is 1. The molecule has 0 atom stereocenters. The molecular weight excluding hydrogens is 208 g/mol. The fourth-order valence-corrected chi connectivity index (χ4v) is 1.24. The Balaban J connectivity index is 2.37. The van der Waals surface area contributed by atoms with E-state index in [1.54, 1.807) is 12.5 Å². The number of aromatic nitrogens is 2. The van der Waals surface area contributed by atoms with Gasteiger partial charge in [0.15, 0.2) is 5.03 Å². The Hall–Kier alpha value is -1.30.